The van der Waals surface area contributed by atoms with Gasteiger partial charge in [0.2, 0.25) is 0 Å². The second kappa shape index (κ2) is 5.34. The molecule has 0 aliphatic rings. The quantitative estimate of drug-likeness (QED) is 0.682. The van der Waals surface area contributed by atoms with E-state index >= 15 is 0 Å². The summed E-state index contributed by atoms with van der Waals surface area (Å²) in [4.78, 5) is 0.845. The molecule has 0 aliphatic heterocycles. The number of alkyl halides is 1. The van der Waals surface area contributed by atoms with Crippen LogP contribution in [0.2, 0.25) is 5.02 Å². The van der Waals surface area contributed by atoms with Crippen molar-refractivity contribution in [2.75, 3.05) is 0 Å². The fourth-order valence-electron chi connectivity index (χ4n) is 1.50. The molecule has 1 heterocycles. The van der Waals surface area contributed by atoms with Crippen LogP contribution in [0.5, 0.6) is 0 Å². The lowest BCUT2D eigenvalue weighted by atomic mass is 10.1. The number of rotatable bonds is 3. The average Bonchev–Trinajstić information content (AvgIpc) is 2.70. The van der Waals surface area contributed by atoms with Crippen molar-refractivity contribution in [2.24, 2.45) is 0 Å². The lowest BCUT2D eigenvalue weighted by Crippen LogP contribution is -1.96. The second-order valence-corrected chi connectivity index (χ2v) is 5.43. The zero-order valence-electron chi connectivity index (χ0n) is 8.59. The highest BCUT2D eigenvalue weighted by atomic mass is 35.5. The maximum atomic E-state index is 13.0. The van der Waals surface area contributed by atoms with Crippen LogP contribution >= 0.6 is 34.5 Å². The van der Waals surface area contributed by atoms with Crippen molar-refractivity contribution in [1.82, 2.24) is 0 Å². The molecule has 0 saturated heterocycles. The van der Waals surface area contributed by atoms with Crippen LogP contribution in [0, 0.1) is 11.6 Å². The summed E-state index contributed by atoms with van der Waals surface area (Å²) >= 11 is 13.6. The molecule has 0 spiro atoms. The highest BCUT2D eigenvalue weighted by Crippen LogP contribution is 2.35. The number of halogens is 4. The Labute approximate surface area is 112 Å². The van der Waals surface area contributed by atoms with Gasteiger partial charge < -0.3 is 0 Å². The summed E-state index contributed by atoms with van der Waals surface area (Å²) in [5.74, 6) is -1.71. The predicted molar refractivity (Wildman–Crippen MR) is 68.0 cm³/mol. The zero-order chi connectivity index (χ0) is 12.4. The molecule has 17 heavy (non-hydrogen) atoms. The van der Waals surface area contributed by atoms with E-state index < -0.39 is 11.6 Å². The molecule has 0 nitrogen and oxygen atoms in total. The molecule has 90 valence electrons. The van der Waals surface area contributed by atoms with E-state index in [0.717, 1.165) is 17.0 Å². The highest BCUT2D eigenvalue weighted by molar-refractivity contribution is 7.11. The molecule has 2 rings (SSSR count). The Morgan fingerprint density at radius 1 is 1.18 bits per heavy atom. The molecule has 5 heteroatoms. The minimum Gasteiger partial charge on any atom is -0.204 e. The predicted octanol–water partition coefficient (Wildman–Crippen LogP) is 5.20. The molecule has 0 radical (unpaired) electrons. The van der Waals surface area contributed by atoms with Gasteiger partial charge in [-0.15, -0.1) is 22.9 Å². The summed E-state index contributed by atoms with van der Waals surface area (Å²) in [7, 11) is 0. The maximum Gasteiger partial charge on any atom is 0.159 e. The molecule has 0 bridgehead atoms. The van der Waals surface area contributed by atoms with Crippen molar-refractivity contribution < 1.29 is 8.78 Å². The SMILES string of the molecule is Fc1ccc(CC(Cl)c2sccc2Cl)cc1F. The van der Waals surface area contributed by atoms with Crippen LogP contribution in [-0.2, 0) is 6.42 Å². The minimum atomic E-state index is -0.858. The van der Waals surface area contributed by atoms with Crippen molar-refractivity contribution >= 4 is 34.5 Å². The van der Waals surface area contributed by atoms with Gasteiger partial charge in [-0.1, -0.05) is 17.7 Å². The van der Waals surface area contributed by atoms with Gasteiger partial charge in [-0.05, 0) is 35.6 Å². The topological polar surface area (TPSA) is 0 Å². The van der Waals surface area contributed by atoms with Crippen molar-refractivity contribution in [3.05, 3.63) is 56.7 Å². The molecule has 1 aromatic heterocycles. The van der Waals surface area contributed by atoms with Gasteiger partial charge in [0, 0.05) is 4.88 Å². The third-order valence-electron chi connectivity index (χ3n) is 2.33. The second-order valence-electron chi connectivity index (χ2n) is 3.55. The van der Waals surface area contributed by atoms with E-state index in [0.29, 0.717) is 17.0 Å². The van der Waals surface area contributed by atoms with Crippen LogP contribution < -0.4 is 0 Å². The van der Waals surface area contributed by atoms with Crippen molar-refractivity contribution in [3.8, 4) is 0 Å². The third-order valence-corrected chi connectivity index (χ3v) is 4.30. The first-order valence-electron chi connectivity index (χ1n) is 4.89. The van der Waals surface area contributed by atoms with Gasteiger partial charge in [0.25, 0.3) is 0 Å². The van der Waals surface area contributed by atoms with E-state index in [9.17, 15) is 8.78 Å². The standard InChI is InChI=1S/C12H8Cl2F2S/c13-8-3-4-17-12(8)9(14)5-7-1-2-10(15)11(16)6-7/h1-4,6,9H,5H2. The Balaban J connectivity index is 2.16. The summed E-state index contributed by atoms with van der Waals surface area (Å²) in [6.45, 7) is 0. The van der Waals surface area contributed by atoms with Crippen LogP contribution in [0.3, 0.4) is 0 Å². The van der Waals surface area contributed by atoms with Gasteiger partial charge in [0.05, 0.1) is 10.4 Å². The summed E-state index contributed by atoms with van der Waals surface area (Å²) in [6.07, 6.45) is 0.416. The molecule has 0 amide bonds. The average molecular weight is 293 g/mol. The molecule has 2 aromatic rings. The lowest BCUT2D eigenvalue weighted by Gasteiger charge is -2.08. The largest absolute Gasteiger partial charge is 0.204 e. The van der Waals surface area contributed by atoms with Crippen LogP contribution in [0.4, 0.5) is 8.78 Å². The van der Waals surface area contributed by atoms with Crippen LogP contribution in [0.25, 0.3) is 0 Å². The van der Waals surface area contributed by atoms with Gasteiger partial charge in [0.1, 0.15) is 0 Å². The molecule has 1 atom stereocenters. The molecule has 0 fully saturated rings. The van der Waals surface area contributed by atoms with E-state index in [1.165, 1.54) is 17.4 Å². The summed E-state index contributed by atoms with van der Waals surface area (Å²) in [5.41, 5.74) is 0.647. The first kappa shape index (κ1) is 12.8. The Morgan fingerprint density at radius 3 is 2.53 bits per heavy atom. The Kier molecular flexibility index (Phi) is 4.02. The van der Waals surface area contributed by atoms with Gasteiger partial charge in [-0.2, -0.15) is 0 Å². The van der Waals surface area contributed by atoms with Gasteiger partial charge in [-0.3, -0.25) is 0 Å². The van der Waals surface area contributed by atoms with Gasteiger partial charge in [-0.25, -0.2) is 8.78 Å². The Morgan fingerprint density at radius 2 is 1.94 bits per heavy atom. The van der Waals surface area contributed by atoms with Crippen molar-refractivity contribution in [3.63, 3.8) is 0 Å². The van der Waals surface area contributed by atoms with E-state index in [1.807, 2.05) is 5.38 Å². The summed E-state index contributed by atoms with van der Waals surface area (Å²) < 4.78 is 25.8. The van der Waals surface area contributed by atoms with E-state index in [-0.39, 0.29) is 5.38 Å². The van der Waals surface area contributed by atoms with E-state index in [4.69, 9.17) is 23.2 Å². The zero-order valence-corrected chi connectivity index (χ0v) is 10.9. The van der Waals surface area contributed by atoms with Crippen LogP contribution in [0.1, 0.15) is 15.8 Å². The van der Waals surface area contributed by atoms with Gasteiger partial charge >= 0.3 is 0 Å². The first-order chi connectivity index (χ1) is 8.08. The molecule has 1 unspecified atom stereocenters. The Hall–Kier alpha value is -0.640. The highest BCUT2D eigenvalue weighted by Gasteiger charge is 2.15. The molecular formula is C12H8Cl2F2S. The number of thiophene rings is 1. The molecule has 1 aromatic carbocycles. The molecule has 0 N–H and O–H groups in total. The van der Waals surface area contributed by atoms with Crippen molar-refractivity contribution in [1.29, 1.82) is 0 Å². The first-order valence-corrected chi connectivity index (χ1v) is 6.58. The third kappa shape index (κ3) is 2.97. The lowest BCUT2D eigenvalue weighted by molar-refractivity contribution is 0.507. The van der Waals surface area contributed by atoms with Crippen molar-refractivity contribution in [2.45, 2.75) is 11.8 Å². The van der Waals surface area contributed by atoms with Crippen LogP contribution in [0.15, 0.2) is 29.6 Å². The summed E-state index contributed by atoms with van der Waals surface area (Å²) in [5, 5.41) is 2.13. The smallest absolute Gasteiger partial charge is 0.159 e. The normalized spacial score (nSPS) is 12.7. The Bertz CT molecular complexity index is 525. The van der Waals surface area contributed by atoms with Crippen LogP contribution in [-0.4, -0.2) is 0 Å². The van der Waals surface area contributed by atoms with E-state index in [2.05, 4.69) is 0 Å². The van der Waals surface area contributed by atoms with E-state index in [1.54, 1.807) is 6.07 Å². The number of hydrogen-bond acceptors (Lipinski definition) is 1. The minimum absolute atomic E-state index is 0.327. The number of hydrogen-bond donors (Lipinski definition) is 0. The maximum absolute atomic E-state index is 13.0. The number of benzene rings is 1. The monoisotopic (exact) mass is 292 g/mol. The fraction of sp³-hybridized carbons (Fsp3) is 0.167. The molecular weight excluding hydrogens is 285 g/mol. The molecule has 0 saturated carbocycles. The summed E-state index contributed by atoms with van der Waals surface area (Å²) in [6, 6.07) is 5.55. The van der Waals surface area contributed by atoms with Gasteiger partial charge in [0.15, 0.2) is 11.6 Å². The fourth-order valence-corrected chi connectivity index (χ4v) is 3.17. The molecule has 0 aliphatic carbocycles.